The summed E-state index contributed by atoms with van der Waals surface area (Å²) in [6.07, 6.45) is 4.90. The molecule has 4 nitrogen and oxygen atoms in total. The number of rotatable bonds is 6. The van der Waals surface area contributed by atoms with Crippen molar-refractivity contribution in [3.63, 3.8) is 0 Å². The third-order valence-corrected chi connectivity index (χ3v) is 9.12. The largest absolute Gasteiger partial charge is 0.507 e. The third-order valence-electron chi connectivity index (χ3n) is 8.59. The van der Waals surface area contributed by atoms with Crippen LogP contribution in [0.25, 0.3) is 0 Å². The SMILES string of the molecule is Cc1c(CC2(Cc3cc(C(C)(C)C)c(O)c(C)c3C)C=C(C(=O)S)CC=C2C(=O)S)cc(C(C)(C)C)c(O)c1C. The minimum Gasteiger partial charge on any atom is -0.507 e. The van der Waals surface area contributed by atoms with Crippen LogP contribution in [0.4, 0.5) is 0 Å². The second kappa shape index (κ2) is 11.1. The van der Waals surface area contributed by atoms with E-state index in [0.717, 1.165) is 44.5 Å². The summed E-state index contributed by atoms with van der Waals surface area (Å²) in [6.45, 7) is 20.2. The molecule has 0 radical (unpaired) electrons. The van der Waals surface area contributed by atoms with Gasteiger partial charge in [-0.25, -0.2) is 0 Å². The summed E-state index contributed by atoms with van der Waals surface area (Å²) in [6, 6.07) is 4.08. The molecule has 216 valence electrons. The normalized spacial score (nSPS) is 15.5. The highest BCUT2D eigenvalue weighted by molar-refractivity contribution is 7.97. The van der Waals surface area contributed by atoms with E-state index in [2.05, 4.69) is 66.8 Å². The number of carbonyl (C=O) groups is 2. The van der Waals surface area contributed by atoms with Gasteiger partial charge in [0.15, 0.2) is 0 Å². The van der Waals surface area contributed by atoms with E-state index in [1.54, 1.807) is 0 Å². The predicted molar refractivity (Wildman–Crippen MR) is 171 cm³/mol. The standard InChI is InChI=1S/C34H44O4S2/c1-18-20(3)28(35)26(32(5,6)7)13-23(18)16-34(15-22(30(37)39)11-12-25(34)31(38)40)17-24-14-27(33(8,9)10)29(36)21(4)19(24)2/h12-15,35-36H,11,16-17H2,1-10H3,(H,37,39)(H,38,40). The van der Waals surface area contributed by atoms with Gasteiger partial charge in [0.2, 0.25) is 10.2 Å². The van der Waals surface area contributed by atoms with Crippen molar-refractivity contribution in [2.24, 2.45) is 5.41 Å². The fourth-order valence-electron chi connectivity index (χ4n) is 5.82. The van der Waals surface area contributed by atoms with Crippen LogP contribution in [0.15, 0.2) is 35.4 Å². The lowest BCUT2D eigenvalue weighted by molar-refractivity contribution is -0.109. The molecule has 0 heterocycles. The molecule has 3 rings (SSSR count). The number of carbonyl (C=O) groups excluding carboxylic acids is 2. The van der Waals surface area contributed by atoms with Gasteiger partial charge in [-0.2, -0.15) is 0 Å². The van der Waals surface area contributed by atoms with Gasteiger partial charge in [0.1, 0.15) is 11.5 Å². The molecule has 0 atom stereocenters. The van der Waals surface area contributed by atoms with Crippen LogP contribution in [0, 0.1) is 33.1 Å². The second-order valence-corrected chi connectivity index (χ2v) is 14.3. The molecular formula is C34H44O4S2. The van der Waals surface area contributed by atoms with Gasteiger partial charge in [0.25, 0.3) is 0 Å². The second-order valence-electron chi connectivity index (χ2n) is 13.5. The summed E-state index contributed by atoms with van der Waals surface area (Å²) < 4.78 is 0. The van der Waals surface area contributed by atoms with Crippen LogP contribution in [0.1, 0.15) is 92.5 Å². The highest BCUT2D eigenvalue weighted by atomic mass is 32.1. The molecule has 0 amide bonds. The van der Waals surface area contributed by atoms with Crippen LogP contribution < -0.4 is 0 Å². The van der Waals surface area contributed by atoms with Gasteiger partial charge in [-0.3, -0.25) is 9.59 Å². The molecule has 2 aromatic rings. The van der Waals surface area contributed by atoms with E-state index in [1.807, 2.05) is 52.0 Å². The van der Waals surface area contributed by atoms with Gasteiger partial charge in [0, 0.05) is 16.6 Å². The topological polar surface area (TPSA) is 74.6 Å². The maximum atomic E-state index is 13.1. The average molecular weight is 581 g/mol. The molecule has 2 aromatic carbocycles. The Balaban J connectivity index is 2.39. The number of aromatic hydroxyl groups is 2. The fourth-order valence-corrected chi connectivity index (χ4v) is 6.29. The number of benzene rings is 2. The van der Waals surface area contributed by atoms with Crippen molar-refractivity contribution in [3.05, 3.63) is 79.9 Å². The van der Waals surface area contributed by atoms with Crippen LogP contribution in [0.3, 0.4) is 0 Å². The lowest BCUT2D eigenvalue weighted by Crippen LogP contribution is -2.33. The molecule has 0 saturated carbocycles. The third kappa shape index (κ3) is 6.08. The van der Waals surface area contributed by atoms with Crippen LogP contribution in [0.2, 0.25) is 0 Å². The molecule has 0 bridgehead atoms. The molecule has 1 aliphatic rings. The summed E-state index contributed by atoms with van der Waals surface area (Å²) in [4.78, 5) is 25.7. The van der Waals surface area contributed by atoms with E-state index < -0.39 is 5.41 Å². The Kier molecular flexibility index (Phi) is 8.90. The minimum absolute atomic E-state index is 0.286. The van der Waals surface area contributed by atoms with Gasteiger partial charge in [0.05, 0.1) is 0 Å². The fraction of sp³-hybridized carbons (Fsp3) is 0.471. The van der Waals surface area contributed by atoms with Gasteiger partial charge in [-0.15, -0.1) is 25.3 Å². The molecule has 6 heteroatoms. The first-order valence-corrected chi connectivity index (χ1v) is 14.6. The number of allylic oxidation sites excluding steroid dienone is 2. The number of hydrogen-bond acceptors (Lipinski definition) is 4. The van der Waals surface area contributed by atoms with Crippen molar-refractivity contribution < 1.29 is 19.8 Å². The first kappa shape index (κ1) is 32.1. The molecule has 0 aromatic heterocycles. The monoisotopic (exact) mass is 580 g/mol. The van der Waals surface area contributed by atoms with Crippen molar-refractivity contribution in [1.29, 1.82) is 0 Å². The Bertz CT molecular complexity index is 1370. The minimum atomic E-state index is -0.891. The highest BCUT2D eigenvalue weighted by Crippen LogP contribution is 2.47. The van der Waals surface area contributed by atoms with Crippen LogP contribution in [-0.4, -0.2) is 20.4 Å². The highest BCUT2D eigenvalue weighted by Gasteiger charge is 2.40. The quantitative estimate of drug-likeness (QED) is 0.262. The lowest BCUT2D eigenvalue weighted by Gasteiger charge is -2.38. The van der Waals surface area contributed by atoms with Crippen molar-refractivity contribution >= 4 is 35.5 Å². The summed E-state index contributed by atoms with van der Waals surface area (Å²) in [5.41, 5.74) is 6.74. The molecule has 0 aliphatic heterocycles. The van der Waals surface area contributed by atoms with Crippen molar-refractivity contribution in [2.45, 2.75) is 99.3 Å². The van der Waals surface area contributed by atoms with E-state index in [9.17, 15) is 19.8 Å². The Labute approximate surface area is 250 Å². The molecular weight excluding hydrogens is 537 g/mol. The Hall–Kier alpha value is -2.44. The molecule has 2 N–H and O–H groups in total. The molecule has 40 heavy (non-hydrogen) atoms. The molecule has 1 aliphatic carbocycles. The maximum Gasteiger partial charge on any atom is 0.212 e. The van der Waals surface area contributed by atoms with Crippen LogP contribution in [-0.2, 0) is 33.3 Å². The van der Waals surface area contributed by atoms with Crippen molar-refractivity contribution in [1.82, 2.24) is 0 Å². The predicted octanol–water partition coefficient (Wildman–Crippen LogP) is 7.87. The van der Waals surface area contributed by atoms with Crippen LogP contribution in [0.5, 0.6) is 11.5 Å². The Morgan fingerprint density at radius 3 is 1.48 bits per heavy atom. The number of phenols is 2. The molecule has 0 unspecified atom stereocenters. The van der Waals surface area contributed by atoms with Gasteiger partial charge >= 0.3 is 0 Å². The Morgan fingerprint density at radius 1 is 0.750 bits per heavy atom. The van der Waals surface area contributed by atoms with Crippen molar-refractivity contribution in [2.75, 3.05) is 0 Å². The summed E-state index contributed by atoms with van der Waals surface area (Å²) in [5, 5.41) is 21.4. The van der Waals surface area contributed by atoms with Gasteiger partial charge < -0.3 is 10.2 Å². The first-order chi connectivity index (χ1) is 18.2. The zero-order valence-electron chi connectivity index (χ0n) is 25.5. The molecule has 0 saturated heterocycles. The zero-order chi connectivity index (χ0) is 30.5. The number of hydrogen-bond donors (Lipinski definition) is 4. The molecule has 0 spiro atoms. The van der Waals surface area contributed by atoms with E-state index in [-0.39, 0.29) is 32.6 Å². The number of phenolic OH excluding ortho intramolecular Hbond substituents is 2. The van der Waals surface area contributed by atoms with E-state index in [0.29, 0.717) is 30.4 Å². The van der Waals surface area contributed by atoms with Gasteiger partial charge in [-0.1, -0.05) is 65.8 Å². The van der Waals surface area contributed by atoms with Gasteiger partial charge in [-0.05, 0) is 102 Å². The smallest absolute Gasteiger partial charge is 0.212 e. The first-order valence-electron chi connectivity index (χ1n) is 13.7. The Morgan fingerprint density at radius 2 is 1.15 bits per heavy atom. The van der Waals surface area contributed by atoms with Crippen molar-refractivity contribution in [3.8, 4) is 11.5 Å². The number of thiol groups is 2. The van der Waals surface area contributed by atoms with E-state index >= 15 is 0 Å². The maximum absolute atomic E-state index is 13.1. The van der Waals surface area contributed by atoms with E-state index in [1.165, 1.54) is 0 Å². The van der Waals surface area contributed by atoms with Crippen LogP contribution >= 0.6 is 25.3 Å². The molecule has 0 fully saturated rings. The zero-order valence-corrected chi connectivity index (χ0v) is 27.3. The average Bonchev–Trinajstić information content (AvgIpc) is 2.82. The lowest BCUT2D eigenvalue weighted by atomic mass is 9.66. The summed E-state index contributed by atoms with van der Waals surface area (Å²) in [7, 11) is 0. The summed E-state index contributed by atoms with van der Waals surface area (Å²) in [5.74, 6) is 0.572. The van der Waals surface area contributed by atoms with E-state index in [4.69, 9.17) is 0 Å². The summed E-state index contributed by atoms with van der Waals surface area (Å²) >= 11 is 8.46.